The number of benzene rings is 1. The van der Waals surface area contributed by atoms with Crippen LogP contribution in [0.1, 0.15) is 0 Å². The van der Waals surface area contributed by atoms with Crippen LogP contribution in [0.15, 0.2) is 12.1 Å². The van der Waals surface area contributed by atoms with E-state index in [2.05, 4.69) is 0 Å². The highest BCUT2D eigenvalue weighted by Crippen LogP contribution is 2.35. The predicted molar refractivity (Wildman–Crippen MR) is 58.9 cm³/mol. The Morgan fingerprint density at radius 2 is 2.00 bits per heavy atom. The van der Waals surface area contributed by atoms with Gasteiger partial charge in [0.05, 0.1) is 28.8 Å². The molecule has 0 aliphatic rings. The van der Waals surface area contributed by atoms with Crippen molar-refractivity contribution in [2.24, 2.45) is 0 Å². The lowest BCUT2D eigenvalue weighted by Crippen LogP contribution is -1.97. The molecule has 0 heterocycles. The maximum Gasteiger partial charge on any atom is 0.315 e. The molecule has 0 unspecified atom stereocenters. The van der Waals surface area contributed by atoms with Crippen LogP contribution >= 0.6 is 22.6 Å². The lowest BCUT2D eigenvalue weighted by atomic mass is 10.3. The standard InChI is InChI=1S/C8H8INO4/c1-13-5-3-6(9)8(14-2)7(4-5)10(11)12/h3-4H,1-2H3. The Kier molecular flexibility index (Phi) is 3.50. The Morgan fingerprint density at radius 3 is 2.43 bits per heavy atom. The average Bonchev–Trinajstić information content (AvgIpc) is 2.16. The number of nitro groups is 1. The van der Waals surface area contributed by atoms with Crippen molar-refractivity contribution in [2.45, 2.75) is 0 Å². The van der Waals surface area contributed by atoms with E-state index in [1.54, 1.807) is 6.07 Å². The predicted octanol–water partition coefficient (Wildman–Crippen LogP) is 2.22. The topological polar surface area (TPSA) is 61.6 Å². The summed E-state index contributed by atoms with van der Waals surface area (Å²) in [7, 11) is 2.86. The zero-order chi connectivity index (χ0) is 10.7. The lowest BCUT2D eigenvalue weighted by molar-refractivity contribution is -0.385. The van der Waals surface area contributed by atoms with Crippen molar-refractivity contribution in [3.63, 3.8) is 0 Å². The lowest BCUT2D eigenvalue weighted by Gasteiger charge is -2.06. The van der Waals surface area contributed by atoms with Gasteiger partial charge in [0, 0.05) is 0 Å². The first-order valence-electron chi connectivity index (χ1n) is 3.66. The van der Waals surface area contributed by atoms with Crippen molar-refractivity contribution < 1.29 is 14.4 Å². The van der Waals surface area contributed by atoms with Crippen molar-refractivity contribution in [2.75, 3.05) is 14.2 Å². The van der Waals surface area contributed by atoms with E-state index in [9.17, 15) is 10.1 Å². The van der Waals surface area contributed by atoms with Gasteiger partial charge >= 0.3 is 5.69 Å². The summed E-state index contributed by atoms with van der Waals surface area (Å²) in [4.78, 5) is 10.2. The molecule has 5 nitrogen and oxygen atoms in total. The van der Waals surface area contributed by atoms with Crippen LogP contribution in [0.3, 0.4) is 0 Å². The summed E-state index contributed by atoms with van der Waals surface area (Å²) in [6.07, 6.45) is 0. The molecule has 0 amide bonds. The Hall–Kier alpha value is -1.05. The molecule has 14 heavy (non-hydrogen) atoms. The van der Waals surface area contributed by atoms with Gasteiger partial charge in [-0.15, -0.1) is 0 Å². The number of rotatable bonds is 3. The third-order valence-electron chi connectivity index (χ3n) is 1.63. The van der Waals surface area contributed by atoms with Crippen molar-refractivity contribution in [3.05, 3.63) is 25.8 Å². The van der Waals surface area contributed by atoms with Crippen LogP contribution in [0.2, 0.25) is 0 Å². The van der Waals surface area contributed by atoms with Crippen molar-refractivity contribution in [1.82, 2.24) is 0 Å². The molecule has 0 bridgehead atoms. The third-order valence-corrected chi connectivity index (χ3v) is 2.44. The quantitative estimate of drug-likeness (QED) is 0.488. The van der Waals surface area contributed by atoms with Gasteiger partial charge in [0.25, 0.3) is 0 Å². The minimum Gasteiger partial charge on any atom is -0.496 e. The van der Waals surface area contributed by atoms with Crippen LogP contribution in [-0.4, -0.2) is 19.1 Å². The first-order chi connectivity index (χ1) is 6.60. The second-order valence-electron chi connectivity index (χ2n) is 2.42. The number of halogens is 1. The van der Waals surface area contributed by atoms with Gasteiger partial charge in [0.2, 0.25) is 5.75 Å². The highest BCUT2D eigenvalue weighted by atomic mass is 127. The maximum absolute atomic E-state index is 10.7. The number of hydrogen-bond acceptors (Lipinski definition) is 4. The molecule has 1 aromatic carbocycles. The van der Waals surface area contributed by atoms with Crippen LogP contribution < -0.4 is 9.47 Å². The second-order valence-corrected chi connectivity index (χ2v) is 3.58. The summed E-state index contributed by atoms with van der Waals surface area (Å²) in [6, 6.07) is 3.01. The fourth-order valence-corrected chi connectivity index (χ4v) is 1.81. The monoisotopic (exact) mass is 309 g/mol. The van der Waals surface area contributed by atoms with Gasteiger partial charge in [-0.2, -0.15) is 0 Å². The largest absolute Gasteiger partial charge is 0.496 e. The highest BCUT2D eigenvalue weighted by molar-refractivity contribution is 14.1. The molecule has 0 aliphatic carbocycles. The minimum atomic E-state index is -0.497. The molecule has 0 aliphatic heterocycles. The second kappa shape index (κ2) is 4.45. The summed E-state index contributed by atoms with van der Waals surface area (Å²) < 4.78 is 10.5. The van der Waals surface area contributed by atoms with Gasteiger partial charge < -0.3 is 9.47 Å². The van der Waals surface area contributed by atoms with Crippen molar-refractivity contribution in [3.8, 4) is 11.5 Å². The SMILES string of the molecule is COc1cc(I)c(OC)c([N+](=O)[O-])c1. The fraction of sp³-hybridized carbons (Fsp3) is 0.250. The Balaban J connectivity index is 3.35. The minimum absolute atomic E-state index is 0.0868. The Bertz CT molecular complexity index is 367. The number of hydrogen-bond donors (Lipinski definition) is 0. The molecule has 1 rings (SSSR count). The van der Waals surface area contributed by atoms with Crippen LogP contribution in [0.25, 0.3) is 0 Å². The molecular weight excluding hydrogens is 301 g/mol. The van der Waals surface area contributed by atoms with E-state index in [1.165, 1.54) is 20.3 Å². The van der Waals surface area contributed by atoms with Crippen molar-refractivity contribution >= 4 is 28.3 Å². The van der Waals surface area contributed by atoms with E-state index in [4.69, 9.17) is 9.47 Å². The van der Waals surface area contributed by atoms with Crippen molar-refractivity contribution in [1.29, 1.82) is 0 Å². The molecule has 0 spiro atoms. The normalized spacial score (nSPS) is 9.64. The smallest absolute Gasteiger partial charge is 0.315 e. The van der Waals surface area contributed by atoms with Crippen LogP contribution in [0.4, 0.5) is 5.69 Å². The van der Waals surface area contributed by atoms with Gasteiger partial charge in [-0.05, 0) is 28.7 Å². The van der Waals surface area contributed by atoms with E-state index in [-0.39, 0.29) is 11.4 Å². The Morgan fingerprint density at radius 1 is 1.36 bits per heavy atom. The van der Waals surface area contributed by atoms with Gasteiger partial charge in [0.15, 0.2) is 0 Å². The molecule has 0 radical (unpaired) electrons. The summed E-state index contributed by atoms with van der Waals surface area (Å²) in [6.45, 7) is 0. The number of nitro benzene ring substituents is 1. The van der Waals surface area contributed by atoms with Crippen LogP contribution in [0, 0.1) is 13.7 Å². The maximum atomic E-state index is 10.7. The molecule has 0 atom stereocenters. The first kappa shape index (κ1) is 11.0. The fourth-order valence-electron chi connectivity index (χ4n) is 1.01. The van der Waals surface area contributed by atoms with Gasteiger partial charge in [0.1, 0.15) is 5.75 Å². The van der Waals surface area contributed by atoms with E-state index < -0.39 is 4.92 Å². The number of nitrogens with zero attached hydrogens (tertiary/aromatic N) is 1. The Labute approximate surface area is 94.3 Å². The number of ether oxygens (including phenoxy) is 2. The highest BCUT2D eigenvalue weighted by Gasteiger charge is 2.19. The molecule has 1 aromatic rings. The zero-order valence-electron chi connectivity index (χ0n) is 7.61. The summed E-state index contributed by atoms with van der Waals surface area (Å²) >= 11 is 1.96. The molecule has 0 saturated carbocycles. The molecule has 0 aromatic heterocycles. The van der Waals surface area contributed by atoms with Gasteiger partial charge in [-0.25, -0.2) is 0 Å². The van der Waals surface area contributed by atoms with E-state index in [1.807, 2.05) is 22.6 Å². The zero-order valence-corrected chi connectivity index (χ0v) is 9.77. The number of methoxy groups -OCH3 is 2. The third kappa shape index (κ3) is 2.06. The van der Waals surface area contributed by atoms with Gasteiger partial charge in [-0.3, -0.25) is 10.1 Å². The average molecular weight is 309 g/mol. The van der Waals surface area contributed by atoms with E-state index >= 15 is 0 Å². The summed E-state index contributed by atoms with van der Waals surface area (Å²) in [5, 5.41) is 10.7. The van der Waals surface area contributed by atoms with E-state index in [0.717, 1.165) is 0 Å². The van der Waals surface area contributed by atoms with Gasteiger partial charge in [-0.1, -0.05) is 0 Å². The molecule has 0 fully saturated rings. The van der Waals surface area contributed by atoms with Crippen LogP contribution in [-0.2, 0) is 0 Å². The molecule has 6 heteroatoms. The molecule has 0 N–H and O–H groups in total. The summed E-state index contributed by atoms with van der Waals surface area (Å²) in [5.41, 5.74) is -0.0868. The first-order valence-corrected chi connectivity index (χ1v) is 4.74. The molecular formula is C8H8INO4. The van der Waals surface area contributed by atoms with Crippen LogP contribution in [0.5, 0.6) is 11.5 Å². The van der Waals surface area contributed by atoms with E-state index in [0.29, 0.717) is 9.32 Å². The molecule has 0 saturated heterocycles. The summed E-state index contributed by atoms with van der Waals surface area (Å²) in [5.74, 6) is 0.707. The molecule has 76 valence electrons.